The van der Waals surface area contributed by atoms with Gasteiger partial charge in [0.05, 0.1) is 19.2 Å². The van der Waals surface area contributed by atoms with Crippen molar-refractivity contribution in [2.24, 2.45) is 17.8 Å². The highest BCUT2D eigenvalue weighted by Gasteiger charge is 2.55. The summed E-state index contributed by atoms with van der Waals surface area (Å²) in [5.41, 5.74) is -0.862. The van der Waals surface area contributed by atoms with Gasteiger partial charge in [0.2, 0.25) is 0 Å². The summed E-state index contributed by atoms with van der Waals surface area (Å²) in [5, 5.41) is 14.3. The standard InChI is InChI=1S/C30H39NO4/c32-29(30(33,23-11-4-1-5-12-23)24-13-6-2-7-14-24)35-27-21-22-17-18-26(27)28(22)31-19-10-20-34-25-15-8-3-9-16-25/h1,3-5,8-9,11-12,15-16,22,24,26-28,31,33H,2,6-7,10,13-14,17-21H2/p+1. The van der Waals surface area contributed by atoms with Crippen molar-refractivity contribution in [2.45, 2.75) is 75.5 Å². The summed E-state index contributed by atoms with van der Waals surface area (Å²) in [6.45, 7) is 1.73. The van der Waals surface area contributed by atoms with Crippen molar-refractivity contribution >= 4 is 5.97 Å². The minimum atomic E-state index is -1.54. The van der Waals surface area contributed by atoms with E-state index in [2.05, 4.69) is 5.32 Å². The van der Waals surface area contributed by atoms with Gasteiger partial charge in [-0.1, -0.05) is 67.8 Å². The van der Waals surface area contributed by atoms with Crippen LogP contribution in [0.15, 0.2) is 60.7 Å². The highest BCUT2D eigenvalue weighted by molar-refractivity contribution is 5.81. The number of quaternary nitrogens is 1. The molecular formula is C30H40NO4+. The molecule has 0 spiro atoms. The Bertz CT molecular complexity index is 945. The maximum atomic E-state index is 13.6. The Kier molecular flexibility index (Phi) is 7.74. The van der Waals surface area contributed by atoms with Crippen LogP contribution in [0.3, 0.4) is 0 Å². The van der Waals surface area contributed by atoms with Gasteiger partial charge < -0.3 is 19.9 Å². The van der Waals surface area contributed by atoms with Gasteiger partial charge in [-0.3, -0.25) is 0 Å². The second kappa shape index (κ2) is 11.1. The molecule has 3 saturated carbocycles. The van der Waals surface area contributed by atoms with Crippen molar-refractivity contribution in [3.05, 3.63) is 66.2 Å². The van der Waals surface area contributed by atoms with E-state index in [0.717, 1.165) is 57.2 Å². The topological polar surface area (TPSA) is 72.4 Å². The maximum absolute atomic E-state index is 13.6. The molecule has 5 rings (SSSR count). The zero-order valence-electron chi connectivity index (χ0n) is 20.7. The first-order chi connectivity index (χ1) is 17.2. The first kappa shape index (κ1) is 24.3. The molecule has 3 aliphatic carbocycles. The van der Waals surface area contributed by atoms with Crippen molar-refractivity contribution in [1.82, 2.24) is 0 Å². The van der Waals surface area contributed by atoms with E-state index in [1.807, 2.05) is 60.7 Å². The van der Waals surface area contributed by atoms with Crippen LogP contribution in [-0.2, 0) is 15.1 Å². The van der Waals surface area contributed by atoms with Crippen LogP contribution in [0.25, 0.3) is 0 Å². The number of rotatable bonds is 10. The minimum Gasteiger partial charge on any atom is -0.493 e. The number of hydrogen-bond acceptors (Lipinski definition) is 4. The van der Waals surface area contributed by atoms with Crippen LogP contribution >= 0.6 is 0 Å². The van der Waals surface area contributed by atoms with E-state index >= 15 is 0 Å². The van der Waals surface area contributed by atoms with Gasteiger partial charge >= 0.3 is 5.97 Å². The van der Waals surface area contributed by atoms with Crippen LogP contribution in [0.5, 0.6) is 5.75 Å². The second-order valence-corrected chi connectivity index (χ2v) is 10.8. The van der Waals surface area contributed by atoms with Crippen molar-refractivity contribution in [1.29, 1.82) is 0 Å². The Morgan fingerprint density at radius 1 is 0.943 bits per heavy atom. The van der Waals surface area contributed by atoms with Gasteiger partial charge in [0, 0.05) is 24.2 Å². The molecule has 5 unspecified atom stereocenters. The SMILES string of the molecule is O=C(OC1CC2CCC1C2[NH2+]CCCOc1ccccc1)C(O)(c1ccccc1)C1CCCCC1. The third kappa shape index (κ3) is 5.26. The molecule has 5 nitrogen and oxygen atoms in total. The van der Waals surface area contributed by atoms with Crippen LogP contribution in [0, 0.1) is 17.8 Å². The average Bonchev–Trinajstić information content (AvgIpc) is 3.46. The lowest BCUT2D eigenvalue weighted by molar-refractivity contribution is -0.697. The summed E-state index contributed by atoms with van der Waals surface area (Å²) in [5.74, 6) is 1.39. The molecule has 3 N–H and O–H groups in total. The molecule has 2 aromatic rings. The van der Waals surface area contributed by atoms with Crippen molar-refractivity contribution in [3.8, 4) is 5.75 Å². The fourth-order valence-electron chi connectivity index (χ4n) is 6.89. The van der Waals surface area contributed by atoms with Crippen LogP contribution in [0.2, 0.25) is 0 Å². The summed E-state index contributed by atoms with van der Waals surface area (Å²) in [6, 6.07) is 20.0. The van der Waals surface area contributed by atoms with E-state index in [1.54, 1.807) is 0 Å². The van der Waals surface area contributed by atoms with Crippen molar-refractivity contribution < 1.29 is 24.7 Å². The van der Waals surface area contributed by atoms with Crippen LogP contribution in [0.4, 0.5) is 0 Å². The first-order valence-corrected chi connectivity index (χ1v) is 13.7. The summed E-state index contributed by atoms with van der Waals surface area (Å²) in [7, 11) is 0. The van der Waals surface area contributed by atoms with Gasteiger partial charge in [0.15, 0.2) is 5.60 Å². The molecule has 3 fully saturated rings. The third-order valence-electron chi connectivity index (χ3n) is 8.70. The van der Waals surface area contributed by atoms with Crippen LogP contribution in [0.1, 0.15) is 63.4 Å². The molecule has 2 bridgehead atoms. The number of aliphatic hydroxyl groups is 1. The lowest BCUT2D eigenvalue weighted by Crippen LogP contribution is -2.91. The molecule has 0 heterocycles. The zero-order chi connectivity index (χ0) is 24.1. The van der Waals surface area contributed by atoms with E-state index in [-0.39, 0.29) is 12.0 Å². The smallest absolute Gasteiger partial charge is 0.343 e. The van der Waals surface area contributed by atoms with E-state index in [9.17, 15) is 9.90 Å². The quantitative estimate of drug-likeness (QED) is 0.397. The fourth-order valence-corrected chi connectivity index (χ4v) is 6.89. The molecule has 0 aromatic heterocycles. The van der Waals surface area contributed by atoms with Gasteiger partial charge in [-0.2, -0.15) is 0 Å². The number of esters is 1. The molecule has 5 heteroatoms. The van der Waals surface area contributed by atoms with Crippen LogP contribution in [-0.4, -0.2) is 36.4 Å². The summed E-state index contributed by atoms with van der Waals surface area (Å²) >= 11 is 0. The lowest BCUT2D eigenvalue weighted by Gasteiger charge is -2.38. The molecule has 2 aromatic carbocycles. The summed E-state index contributed by atoms with van der Waals surface area (Å²) in [4.78, 5) is 13.6. The normalized spacial score (nSPS) is 27.9. The van der Waals surface area contributed by atoms with Gasteiger partial charge in [-0.15, -0.1) is 0 Å². The molecule has 3 aliphatic rings. The molecule has 0 radical (unpaired) electrons. The highest BCUT2D eigenvalue weighted by atomic mass is 16.6. The maximum Gasteiger partial charge on any atom is 0.343 e. The van der Waals surface area contributed by atoms with Crippen LogP contribution < -0.4 is 10.1 Å². The summed E-state index contributed by atoms with van der Waals surface area (Å²) in [6.07, 6.45) is 9.20. The molecule has 5 atom stereocenters. The predicted octanol–water partition coefficient (Wildman–Crippen LogP) is 4.20. The Hall–Kier alpha value is -2.37. The van der Waals surface area contributed by atoms with Gasteiger partial charge in [0.25, 0.3) is 0 Å². The Balaban J connectivity index is 1.17. The number of nitrogens with two attached hydrogens (primary N) is 1. The number of hydrogen-bond donors (Lipinski definition) is 2. The predicted molar refractivity (Wildman–Crippen MR) is 135 cm³/mol. The largest absolute Gasteiger partial charge is 0.493 e. The number of carbonyl (C=O) groups excluding carboxylic acids is 1. The molecule has 0 amide bonds. The molecule has 35 heavy (non-hydrogen) atoms. The third-order valence-corrected chi connectivity index (χ3v) is 8.70. The lowest BCUT2D eigenvalue weighted by atomic mass is 9.73. The first-order valence-electron chi connectivity index (χ1n) is 13.7. The molecule has 0 aliphatic heterocycles. The number of ether oxygens (including phenoxy) is 2. The van der Waals surface area contributed by atoms with Gasteiger partial charge in [-0.05, 0) is 49.8 Å². The van der Waals surface area contributed by atoms with Gasteiger partial charge in [-0.25, -0.2) is 4.79 Å². The van der Waals surface area contributed by atoms with Crippen molar-refractivity contribution in [2.75, 3.05) is 13.2 Å². The van der Waals surface area contributed by atoms with E-state index in [1.165, 1.54) is 12.8 Å². The van der Waals surface area contributed by atoms with Gasteiger partial charge in [0.1, 0.15) is 11.9 Å². The average molecular weight is 479 g/mol. The van der Waals surface area contributed by atoms with E-state index in [4.69, 9.17) is 9.47 Å². The number of fused-ring (bicyclic) bond motifs is 2. The number of benzene rings is 2. The van der Waals surface area contributed by atoms with E-state index < -0.39 is 11.6 Å². The molecular weight excluding hydrogens is 438 g/mol. The monoisotopic (exact) mass is 478 g/mol. The molecule has 0 saturated heterocycles. The Morgan fingerprint density at radius 3 is 2.40 bits per heavy atom. The summed E-state index contributed by atoms with van der Waals surface area (Å²) < 4.78 is 12.0. The fraction of sp³-hybridized carbons (Fsp3) is 0.567. The number of carbonyl (C=O) groups is 1. The van der Waals surface area contributed by atoms with E-state index in [0.29, 0.717) is 30.0 Å². The zero-order valence-corrected chi connectivity index (χ0v) is 20.7. The second-order valence-electron chi connectivity index (χ2n) is 10.8. The highest BCUT2D eigenvalue weighted by Crippen LogP contribution is 2.47. The molecule has 188 valence electrons. The Labute approximate surface area is 209 Å². The van der Waals surface area contributed by atoms with Crippen molar-refractivity contribution in [3.63, 3.8) is 0 Å². The minimum absolute atomic E-state index is 0.0725. The number of para-hydroxylation sites is 1. The Morgan fingerprint density at radius 2 is 1.66 bits per heavy atom.